The van der Waals surface area contributed by atoms with E-state index < -0.39 is 12.1 Å². The average Bonchev–Trinajstić information content (AvgIpc) is 2.89. The van der Waals surface area contributed by atoms with Crippen molar-refractivity contribution in [2.45, 2.75) is 90.6 Å². The second-order valence-electron chi connectivity index (χ2n) is 10.3. The standard InChI is InChI=1S/C31H43FO3/c1-3-5-6-8-13-27-20-28(18-19-29(27)26-11-9-7-10-12-26)35-22-23-14-16-25(17-15-23)24(4-2)21-30(32)31(33)34/h7,9-12,18-20,23-25,30H,3-6,8,13-17,21-22H2,1-2H3,(H,33,34)/t23?,24?,25?,30-/m0/s1. The topological polar surface area (TPSA) is 46.5 Å². The zero-order chi connectivity index (χ0) is 25.0. The number of hydrogen-bond acceptors (Lipinski definition) is 2. The maximum atomic E-state index is 13.8. The molecule has 1 unspecified atom stereocenters. The van der Waals surface area contributed by atoms with E-state index in [0.29, 0.717) is 18.4 Å². The normalized spacial score (nSPS) is 19.7. The first-order valence-electron chi connectivity index (χ1n) is 13.7. The maximum Gasteiger partial charge on any atom is 0.338 e. The second kappa shape index (κ2) is 14.3. The molecule has 0 heterocycles. The first-order valence-corrected chi connectivity index (χ1v) is 13.7. The summed E-state index contributed by atoms with van der Waals surface area (Å²) in [5.41, 5.74) is 3.92. The van der Waals surface area contributed by atoms with E-state index >= 15 is 0 Å². The van der Waals surface area contributed by atoms with Crippen molar-refractivity contribution in [2.75, 3.05) is 6.61 Å². The quantitative estimate of drug-likeness (QED) is 0.275. The molecule has 2 aromatic carbocycles. The molecule has 2 atom stereocenters. The van der Waals surface area contributed by atoms with Crippen molar-refractivity contribution in [2.24, 2.45) is 17.8 Å². The van der Waals surface area contributed by atoms with Crippen LogP contribution in [0.4, 0.5) is 4.39 Å². The molecule has 1 aliphatic carbocycles. The molecule has 2 aromatic rings. The number of hydrogen-bond donors (Lipinski definition) is 1. The summed E-state index contributed by atoms with van der Waals surface area (Å²) in [6, 6.07) is 17.1. The molecule has 1 saturated carbocycles. The van der Waals surface area contributed by atoms with Crippen LogP contribution in [0.15, 0.2) is 48.5 Å². The molecule has 4 heteroatoms. The minimum atomic E-state index is -1.74. The van der Waals surface area contributed by atoms with Gasteiger partial charge in [-0.1, -0.05) is 75.9 Å². The summed E-state index contributed by atoms with van der Waals surface area (Å²) in [5, 5.41) is 8.93. The third-order valence-electron chi connectivity index (χ3n) is 7.81. The van der Waals surface area contributed by atoms with Crippen molar-refractivity contribution in [3.05, 3.63) is 54.1 Å². The van der Waals surface area contributed by atoms with Crippen LogP contribution in [0.1, 0.15) is 83.6 Å². The number of carboxylic acid groups (broad SMARTS) is 1. The number of aliphatic carboxylic acids is 1. The van der Waals surface area contributed by atoms with Crippen molar-refractivity contribution in [3.8, 4) is 16.9 Å². The molecule has 1 N–H and O–H groups in total. The minimum absolute atomic E-state index is 0.145. The molecular weight excluding hydrogens is 439 g/mol. The van der Waals surface area contributed by atoms with Gasteiger partial charge in [-0.25, -0.2) is 9.18 Å². The Bertz CT molecular complexity index is 889. The lowest BCUT2D eigenvalue weighted by Crippen LogP contribution is -2.28. The highest BCUT2D eigenvalue weighted by Crippen LogP contribution is 2.38. The summed E-state index contributed by atoms with van der Waals surface area (Å²) in [7, 11) is 0. The van der Waals surface area contributed by atoms with Gasteiger partial charge in [0.2, 0.25) is 0 Å². The molecular formula is C31H43FO3. The van der Waals surface area contributed by atoms with E-state index in [9.17, 15) is 9.18 Å². The monoisotopic (exact) mass is 482 g/mol. The SMILES string of the molecule is CCCCCCc1cc(OCC2CCC(C(CC)C[C@H](F)C(=O)O)CC2)ccc1-c1ccccc1. The Morgan fingerprint density at radius 2 is 1.77 bits per heavy atom. The molecule has 1 fully saturated rings. The van der Waals surface area contributed by atoms with Crippen LogP contribution in [0.3, 0.4) is 0 Å². The first-order chi connectivity index (χ1) is 17.0. The summed E-state index contributed by atoms with van der Waals surface area (Å²) in [6.07, 6.45) is 9.49. The lowest BCUT2D eigenvalue weighted by molar-refractivity contribution is -0.143. The summed E-state index contributed by atoms with van der Waals surface area (Å²) in [5.74, 6) is 0.711. The fourth-order valence-electron chi connectivity index (χ4n) is 5.61. The number of benzene rings is 2. The van der Waals surface area contributed by atoms with E-state index in [0.717, 1.165) is 44.3 Å². The number of aryl methyl sites for hydroxylation is 1. The highest BCUT2D eigenvalue weighted by Gasteiger charge is 2.30. The van der Waals surface area contributed by atoms with Crippen molar-refractivity contribution in [1.82, 2.24) is 0 Å². The lowest BCUT2D eigenvalue weighted by atomic mass is 9.73. The van der Waals surface area contributed by atoms with Gasteiger partial charge in [0.15, 0.2) is 6.17 Å². The van der Waals surface area contributed by atoms with Crippen LogP contribution in [-0.4, -0.2) is 23.9 Å². The number of carbonyl (C=O) groups is 1. The summed E-state index contributed by atoms with van der Waals surface area (Å²) in [4.78, 5) is 10.9. The smallest absolute Gasteiger partial charge is 0.338 e. The van der Waals surface area contributed by atoms with Gasteiger partial charge in [0.25, 0.3) is 0 Å². The molecule has 0 spiro atoms. The third-order valence-corrected chi connectivity index (χ3v) is 7.81. The molecule has 1 aliphatic rings. The van der Waals surface area contributed by atoms with Crippen LogP contribution < -0.4 is 4.74 Å². The molecule has 192 valence electrons. The second-order valence-corrected chi connectivity index (χ2v) is 10.3. The number of ether oxygens (including phenoxy) is 1. The highest BCUT2D eigenvalue weighted by molar-refractivity contribution is 5.72. The molecule has 0 amide bonds. The average molecular weight is 483 g/mol. The Hall–Kier alpha value is -2.36. The molecule has 0 saturated heterocycles. The van der Waals surface area contributed by atoms with Gasteiger partial charge in [-0.2, -0.15) is 0 Å². The van der Waals surface area contributed by atoms with Gasteiger partial charge in [0, 0.05) is 0 Å². The number of halogens is 1. The van der Waals surface area contributed by atoms with E-state index in [-0.39, 0.29) is 12.3 Å². The van der Waals surface area contributed by atoms with E-state index in [2.05, 4.69) is 55.5 Å². The highest BCUT2D eigenvalue weighted by atomic mass is 19.1. The van der Waals surface area contributed by atoms with Crippen molar-refractivity contribution in [3.63, 3.8) is 0 Å². The zero-order valence-corrected chi connectivity index (χ0v) is 21.6. The Kier molecular flexibility index (Phi) is 11.1. The van der Waals surface area contributed by atoms with Crippen LogP contribution in [0.5, 0.6) is 5.75 Å². The predicted octanol–water partition coefficient (Wildman–Crippen LogP) is 8.50. The minimum Gasteiger partial charge on any atom is -0.493 e. The molecule has 3 rings (SSSR count). The van der Waals surface area contributed by atoms with Crippen LogP contribution in [0, 0.1) is 17.8 Å². The Morgan fingerprint density at radius 3 is 2.43 bits per heavy atom. The number of rotatable bonds is 14. The van der Waals surface area contributed by atoms with Crippen LogP contribution in [0.2, 0.25) is 0 Å². The van der Waals surface area contributed by atoms with Crippen molar-refractivity contribution >= 4 is 5.97 Å². The number of unbranched alkanes of at least 4 members (excludes halogenated alkanes) is 3. The predicted molar refractivity (Wildman–Crippen MR) is 142 cm³/mol. The van der Waals surface area contributed by atoms with E-state index in [1.54, 1.807) is 0 Å². The largest absolute Gasteiger partial charge is 0.493 e. The molecule has 3 nitrogen and oxygen atoms in total. The van der Waals surface area contributed by atoms with E-state index in [1.165, 1.54) is 42.4 Å². The summed E-state index contributed by atoms with van der Waals surface area (Å²) < 4.78 is 20.1. The Morgan fingerprint density at radius 1 is 1.03 bits per heavy atom. The van der Waals surface area contributed by atoms with Crippen LogP contribution >= 0.6 is 0 Å². The van der Waals surface area contributed by atoms with Gasteiger partial charge in [-0.3, -0.25) is 0 Å². The fourth-order valence-corrected chi connectivity index (χ4v) is 5.61. The summed E-state index contributed by atoms with van der Waals surface area (Å²) >= 11 is 0. The van der Waals surface area contributed by atoms with Gasteiger partial charge in [0.05, 0.1) is 6.61 Å². The Labute approximate surface area is 211 Å². The molecule has 0 radical (unpaired) electrons. The molecule has 0 aliphatic heterocycles. The van der Waals surface area contributed by atoms with Gasteiger partial charge in [-0.05, 0) is 91.5 Å². The molecule has 0 aromatic heterocycles. The molecule has 35 heavy (non-hydrogen) atoms. The van der Waals surface area contributed by atoms with Gasteiger partial charge >= 0.3 is 5.97 Å². The number of alkyl halides is 1. The van der Waals surface area contributed by atoms with Crippen LogP contribution in [0.25, 0.3) is 11.1 Å². The van der Waals surface area contributed by atoms with Gasteiger partial charge in [0.1, 0.15) is 5.75 Å². The van der Waals surface area contributed by atoms with E-state index in [1.807, 2.05) is 6.92 Å². The third kappa shape index (κ3) is 8.37. The molecule has 0 bridgehead atoms. The Balaban J connectivity index is 1.56. The number of carboxylic acids is 1. The first kappa shape index (κ1) is 27.2. The van der Waals surface area contributed by atoms with Gasteiger partial charge in [-0.15, -0.1) is 0 Å². The maximum absolute atomic E-state index is 13.8. The van der Waals surface area contributed by atoms with Crippen molar-refractivity contribution < 1.29 is 19.0 Å². The lowest BCUT2D eigenvalue weighted by Gasteiger charge is -2.33. The van der Waals surface area contributed by atoms with Gasteiger partial charge < -0.3 is 9.84 Å². The van der Waals surface area contributed by atoms with Crippen LogP contribution in [-0.2, 0) is 11.2 Å². The zero-order valence-electron chi connectivity index (χ0n) is 21.6. The fraction of sp³-hybridized carbons (Fsp3) is 0.581. The van der Waals surface area contributed by atoms with Crippen molar-refractivity contribution in [1.29, 1.82) is 0 Å². The summed E-state index contributed by atoms with van der Waals surface area (Å²) in [6.45, 7) is 5.01. The van der Waals surface area contributed by atoms with E-state index in [4.69, 9.17) is 9.84 Å².